The number of pyridine rings is 1. The fraction of sp³-hybridized carbons (Fsp3) is 0.312. The molecule has 2 heterocycles. The Hall–Kier alpha value is -1.83. The molecule has 0 amide bonds. The zero-order chi connectivity index (χ0) is 12.5. The fourth-order valence-corrected chi connectivity index (χ4v) is 2.90. The second-order valence-corrected chi connectivity index (χ2v) is 4.92. The van der Waals surface area contributed by atoms with Crippen LogP contribution in [-0.2, 0) is 6.42 Å². The normalized spacial score (nSPS) is 17.9. The summed E-state index contributed by atoms with van der Waals surface area (Å²) >= 11 is 0. The van der Waals surface area contributed by atoms with Crippen LogP contribution in [0.15, 0.2) is 42.7 Å². The standard InChI is InChI=1S/C16H18N2/c1-3-18-12(2)10-15-11-14(4-5-16(15)18)13-6-8-17-9-7-13/h4-9,11-12H,3,10H2,1-2H3/t12-/m0/s1. The van der Waals surface area contributed by atoms with Crippen molar-refractivity contribution in [1.82, 2.24) is 4.98 Å². The van der Waals surface area contributed by atoms with E-state index >= 15 is 0 Å². The molecule has 0 saturated carbocycles. The van der Waals surface area contributed by atoms with E-state index in [1.54, 1.807) is 0 Å². The van der Waals surface area contributed by atoms with Gasteiger partial charge in [0.15, 0.2) is 0 Å². The Bertz CT molecular complexity index is 548. The molecule has 1 aromatic heterocycles. The smallest absolute Gasteiger partial charge is 0.0402 e. The molecule has 2 aromatic rings. The van der Waals surface area contributed by atoms with Crippen LogP contribution in [0.5, 0.6) is 0 Å². The second-order valence-electron chi connectivity index (χ2n) is 4.92. The van der Waals surface area contributed by atoms with Crippen LogP contribution in [0.25, 0.3) is 11.1 Å². The number of benzene rings is 1. The molecule has 0 fully saturated rings. The third-order valence-electron chi connectivity index (χ3n) is 3.79. The van der Waals surface area contributed by atoms with E-state index in [0.29, 0.717) is 6.04 Å². The summed E-state index contributed by atoms with van der Waals surface area (Å²) in [6.45, 7) is 5.61. The Kier molecular flexibility index (Phi) is 2.78. The molecule has 92 valence electrons. The summed E-state index contributed by atoms with van der Waals surface area (Å²) in [5.74, 6) is 0. The predicted molar refractivity (Wildman–Crippen MR) is 75.9 cm³/mol. The van der Waals surface area contributed by atoms with Crippen molar-refractivity contribution in [2.75, 3.05) is 11.4 Å². The minimum atomic E-state index is 0.623. The maximum atomic E-state index is 4.07. The Morgan fingerprint density at radius 3 is 2.67 bits per heavy atom. The van der Waals surface area contributed by atoms with Crippen LogP contribution >= 0.6 is 0 Å². The number of aromatic nitrogens is 1. The van der Waals surface area contributed by atoms with Crippen LogP contribution in [0, 0.1) is 0 Å². The zero-order valence-electron chi connectivity index (χ0n) is 10.9. The monoisotopic (exact) mass is 238 g/mol. The summed E-state index contributed by atoms with van der Waals surface area (Å²) in [7, 11) is 0. The highest BCUT2D eigenvalue weighted by molar-refractivity contribution is 5.70. The van der Waals surface area contributed by atoms with Crippen molar-refractivity contribution in [1.29, 1.82) is 0 Å². The van der Waals surface area contributed by atoms with Gasteiger partial charge < -0.3 is 4.90 Å². The van der Waals surface area contributed by atoms with Crippen LogP contribution in [0.1, 0.15) is 19.4 Å². The molecule has 0 radical (unpaired) electrons. The Morgan fingerprint density at radius 2 is 1.94 bits per heavy atom. The van der Waals surface area contributed by atoms with Crippen LogP contribution in [0.4, 0.5) is 5.69 Å². The van der Waals surface area contributed by atoms with E-state index in [4.69, 9.17) is 0 Å². The average Bonchev–Trinajstić information content (AvgIpc) is 2.74. The summed E-state index contributed by atoms with van der Waals surface area (Å²) in [6, 6.07) is 11.6. The van der Waals surface area contributed by atoms with Crippen molar-refractivity contribution in [3.8, 4) is 11.1 Å². The maximum Gasteiger partial charge on any atom is 0.0402 e. The zero-order valence-corrected chi connectivity index (χ0v) is 10.9. The first-order valence-corrected chi connectivity index (χ1v) is 6.59. The molecule has 0 spiro atoms. The van der Waals surface area contributed by atoms with Gasteiger partial charge in [-0.05, 0) is 61.2 Å². The van der Waals surface area contributed by atoms with E-state index < -0.39 is 0 Å². The van der Waals surface area contributed by atoms with Gasteiger partial charge in [0.05, 0.1) is 0 Å². The Balaban J connectivity index is 2.01. The number of rotatable bonds is 2. The van der Waals surface area contributed by atoms with Gasteiger partial charge in [-0.25, -0.2) is 0 Å². The molecule has 1 aliphatic heterocycles. The molecule has 1 atom stereocenters. The SMILES string of the molecule is CCN1c2ccc(-c3ccncc3)cc2C[C@@H]1C. The number of fused-ring (bicyclic) bond motifs is 1. The lowest BCUT2D eigenvalue weighted by Gasteiger charge is -2.22. The number of hydrogen-bond acceptors (Lipinski definition) is 2. The third kappa shape index (κ3) is 1.78. The van der Waals surface area contributed by atoms with Crippen LogP contribution in [0.3, 0.4) is 0 Å². The highest BCUT2D eigenvalue weighted by Gasteiger charge is 2.24. The van der Waals surface area contributed by atoms with E-state index in [1.807, 2.05) is 12.4 Å². The van der Waals surface area contributed by atoms with Crippen molar-refractivity contribution in [3.05, 3.63) is 48.3 Å². The van der Waals surface area contributed by atoms with Gasteiger partial charge in [0.25, 0.3) is 0 Å². The molecule has 2 heteroatoms. The van der Waals surface area contributed by atoms with Crippen LogP contribution < -0.4 is 4.90 Å². The summed E-state index contributed by atoms with van der Waals surface area (Å²) in [5, 5.41) is 0. The quantitative estimate of drug-likeness (QED) is 0.795. The van der Waals surface area contributed by atoms with Crippen LogP contribution in [0.2, 0.25) is 0 Å². The number of nitrogens with zero attached hydrogens (tertiary/aromatic N) is 2. The third-order valence-corrected chi connectivity index (χ3v) is 3.79. The highest BCUT2D eigenvalue weighted by Crippen LogP contribution is 2.34. The summed E-state index contributed by atoms with van der Waals surface area (Å²) < 4.78 is 0. The van der Waals surface area contributed by atoms with Crippen molar-refractivity contribution < 1.29 is 0 Å². The van der Waals surface area contributed by atoms with Gasteiger partial charge in [-0.15, -0.1) is 0 Å². The second kappa shape index (κ2) is 4.45. The molecular weight excluding hydrogens is 220 g/mol. The topological polar surface area (TPSA) is 16.1 Å². The molecule has 3 rings (SSSR count). The maximum absolute atomic E-state index is 4.07. The number of hydrogen-bond donors (Lipinski definition) is 0. The Morgan fingerprint density at radius 1 is 1.17 bits per heavy atom. The molecule has 1 aromatic carbocycles. The molecule has 2 nitrogen and oxygen atoms in total. The van der Waals surface area contributed by atoms with E-state index in [-0.39, 0.29) is 0 Å². The lowest BCUT2D eigenvalue weighted by molar-refractivity contribution is 0.690. The van der Waals surface area contributed by atoms with Crippen LogP contribution in [-0.4, -0.2) is 17.6 Å². The van der Waals surface area contributed by atoms with Gasteiger partial charge in [0, 0.05) is 30.7 Å². The lowest BCUT2D eigenvalue weighted by atomic mass is 10.0. The van der Waals surface area contributed by atoms with Crippen molar-refractivity contribution in [2.45, 2.75) is 26.3 Å². The molecule has 0 N–H and O–H groups in total. The van der Waals surface area contributed by atoms with Gasteiger partial charge in [0.1, 0.15) is 0 Å². The highest BCUT2D eigenvalue weighted by atomic mass is 15.2. The Labute approximate surface area is 108 Å². The number of likely N-dealkylation sites (N-methyl/N-ethyl adjacent to an activating group) is 1. The molecule has 0 bridgehead atoms. The van der Waals surface area contributed by atoms with Gasteiger partial charge in [-0.3, -0.25) is 4.98 Å². The van der Waals surface area contributed by atoms with Crippen molar-refractivity contribution >= 4 is 5.69 Å². The predicted octanol–water partition coefficient (Wildman–Crippen LogP) is 3.52. The minimum absolute atomic E-state index is 0.623. The van der Waals surface area contributed by atoms with E-state index in [9.17, 15) is 0 Å². The van der Waals surface area contributed by atoms with Gasteiger partial charge >= 0.3 is 0 Å². The average molecular weight is 238 g/mol. The van der Waals surface area contributed by atoms with Crippen molar-refractivity contribution in [2.24, 2.45) is 0 Å². The fourth-order valence-electron chi connectivity index (χ4n) is 2.90. The first-order chi connectivity index (χ1) is 8.79. The summed E-state index contributed by atoms with van der Waals surface area (Å²) in [6.07, 6.45) is 4.86. The molecule has 1 aliphatic rings. The van der Waals surface area contributed by atoms with E-state index in [0.717, 1.165) is 13.0 Å². The lowest BCUT2D eigenvalue weighted by Crippen LogP contribution is -2.28. The van der Waals surface area contributed by atoms with E-state index in [2.05, 4.69) is 54.1 Å². The summed E-state index contributed by atoms with van der Waals surface area (Å²) in [5.41, 5.74) is 5.41. The first kappa shape index (κ1) is 11.3. The molecule has 0 unspecified atom stereocenters. The molecule has 0 saturated heterocycles. The van der Waals surface area contributed by atoms with E-state index in [1.165, 1.54) is 22.4 Å². The largest absolute Gasteiger partial charge is 0.369 e. The minimum Gasteiger partial charge on any atom is -0.369 e. The van der Waals surface area contributed by atoms with Crippen molar-refractivity contribution in [3.63, 3.8) is 0 Å². The first-order valence-electron chi connectivity index (χ1n) is 6.59. The summed E-state index contributed by atoms with van der Waals surface area (Å²) in [4.78, 5) is 6.55. The molecule has 18 heavy (non-hydrogen) atoms. The van der Waals surface area contributed by atoms with Gasteiger partial charge in [0.2, 0.25) is 0 Å². The molecule has 0 aliphatic carbocycles. The van der Waals surface area contributed by atoms with Gasteiger partial charge in [-0.2, -0.15) is 0 Å². The molecular formula is C16H18N2. The van der Waals surface area contributed by atoms with Gasteiger partial charge in [-0.1, -0.05) is 6.07 Å². The number of anilines is 1.